The average Bonchev–Trinajstić information content (AvgIpc) is 3.46. The Labute approximate surface area is 161 Å². The highest BCUT2D eigenvalue weighted by Crippen LogP contribution is 2.41. The van der Waals surface area contributed by atoms with Gasteiger partial charge in [0.25, 0.3) is 0 Å². The topological polar surface area (TPSA) is 54.8 Å². The van der Waals surface area contributed by atoms with E-state index in [0.717, 1.165) is 35.0 Å². The van der Waals surface area contributed by atoms with Crippen molar-refractivity contribution in [3.8, 4) is 0 Å². The highest BCUT2D eigenvalue weighted by Gasteiger charge is 2.35. The lowest BCUT2D eigenvalue weighted by Crippen LogP contribution is -2.25. The molecule has 1 aliphatic carbocycles. The number of para-hydroxylation sites is 1. The highest BCUT2D eigenvalue weighted by atomic mass is 19.1. The molecule has 3 aromatic rings. The highest BCUT2D eigenvalue weighted by molar-refractivity contribution is 6.07. The van der Waals surface area contributed by atoms with Crippen LogP contribution in [-0.2, 0) is 9.53 Å². The number of ether oxygens (including phenoxy) is 1. The van der Waals surface area contributed by atoms with Crippen molar-refractivity contribution in [2.45, 2.75) is 31.9 Å². The third-order valence-corrected chi connectivity index (χ3v) is 5.08. The number of pyridine rings is 1. The maximum Gasteiger partial charge on any atom is 0.243 e. The summed E-state index contributed by atoms with van der Waals surface area (Å²) in [6, 6.07) is 15.8. The second-order valence-corrected chi connectivity index (χ2v) is 7.18. The Morgan fingerprint density at radius 3 is 2.61 bits per heavy atom. The van der Waals surface area contributed by atoms with Gasteiger partial charge in [0.2, 0.25) is 18.0 Å². The number of rotatable bonds is 3. The van der Waals surface area contributed by atoms with Crippen molar-refractivity contribution in [2.75, 3.05) is 0 Å². The molecule has 1 atom stereocenters. The maximum absolute atomic E-state index is 13.3. The number of nitrogens with zero attached hydrogens (tertiary/aromatic N) is 3. The molecule has 0 bridgehead atoms. The lowest BCUT2D eigenvalue weighted by atomic mass is 10.1. The van der Waals surface area contributed by atoms with Gasteiger partial charge in [-0.15, -0.1) is 5.10 Å². The Balaban J connectivity index is 1.60. The molecule has 1 fully saturated rings. The summed E-state index contributed by atoms with van der Waals surface area (Å²) in [4.78, 5) is 17.0. The normalized spacial score (nSPS) is 18.9. The quantitative estimate of drug-likeness (QED) is 0.678. The van der Waals surface area contributed by atoms with Crippen LogP contribution in [0.2, 0.25) is 0 Å². The van der Waals surface area contributed by atoms with Crippen LogP contribution in [-0.4, -0.2) is 21.8 Å². The predicted molar refractivity (Wildman–Crippen MR) is 103 cm³/mol. The SMILES string of the molecule is CC(=O)N1N=C(c2cc(C3CC3)nc3ccccc23)O[C@@H]1c1ccc(F)cc1. The second-order valence-electron chi connectivity index (χ2n) is 7.18. The van der Waals surface area contributed by atoms with Crippen molar-refractivity contribution < 1.29 is 13.9 Å². The predicted octanol–water partition coefficient (Wildman–Crippen LogP) is 4.49. The monoisotopic (exact) mass is 375 g/mol. The largest absolute Gasteiger partial charge is 0.446 e. The number of hydrogen-bond donors (Lipinski definition) is 0. The van der Waals surface area contributed by atoms with Crippen molar-refractivity contribution in [1.82, 2.24) is 9.99 Å². The third-order valence-electron chi connectivity index (χ3n) is 5.08. The van der Waals surface area contributed by atoms with Gasteiger partial charge in [0.1, 0.15) is 5.82 Å². The molecule has 0 spiro atoms. The first kappa shape index (κ1) is 16.9. The number of halogens is 1. The van der Waals surface area contributed by atoms with Crippen LogP contribution in [0.4, 0.5) is 4.39 Å². The summed E-state index contributed by atoms with van der Waals surface area (Å²) < 4.78 is 19.4. The molecule has 1 saturated carbocycles. The van der Waals surface area contributed by atoms with Gasteiger partial charge >= 0.3 is 0 Å². The van der Waals surface area contributed by atoms with E-state index in [0.29, 0.717) is 17.4 Å². The van der Waals surface area contributed by atoms with Gasteiger partial charge in [0.15, 0.2) is 0 Å². The van der Waals surface area contributed by atoms with Crippen molar-refractivity contribution in [2.24, 2.45) is 5.10 Å². The Kier molecular flexibility index (Phi) is 3.86. The summed E-state index contributed by atoms with van der Waals surface area (Å²) in [6.45, 7) is 1.44. The molecule has 140 valence electrons. The zero-order valence-corrected chi connectivity index (χ0v) is 15.3. The van der Waals surface area contributed by atoms with Crippen LogP contribution in [0.15, 0.2) is 59.7 Å². The van der Waals surface area contributed by atoms with Gasteiger partial charge in [-0.2, -0.15) is 5.01 Å². The lowest BCUT2D eigenvalue weighted by Gasteiger charge is -2.19. The minimum Gasteiger partial charge on any atom is -0.446 e. The first-order valence-electron chi connectivity index (χ1n) is 9.31. The smallest absolute Gasteiger partial charge is 0.243 e. The summed E-state index contributed by atoms with van der Waals surface area (Å²) in [7, 11) is 0. The second kappa shape index (κ2) is 6.41. The van der Waals surface area contributed by atoms with Gasteiger partial charge in [-0.1, -0.05) is 30.3 Å². The van der Waals surface area contributed by atoms with E-state index in [4.69, 9.17) is 9.72 Å². The van der Waals surface area contributed by atoms with Crippen LogP contribution in [0.25, 0.3) is 10.9 Å². The lowest BCUT2D eigenvalue weighted by molar-refractivity contribution is -0.135. The summed E-state index contributed by atoms with van der Waals surface area (Å²) in [5.41, 5.74) is 3.40. The van der Waals surface area contributed by atoms with Crippen LogP contribution in [0, 0.1) is 5.82 Å². The van der Waals surface area contributed by atoms with Crippen LogP contribution in [0.1, 0.15) is 48.7 Å². The number of carbonyl (C=O) groups excluding carboxylic acids is 1. The van der Waals surface area contributed by atoms with Crippen LogP contribution < -0.4 is 0 Å². The first-order valence-corrected chi connectivity index (χ1v) is 9.31. The fourth-order valence-electron chi connectivity index (χ4n) is 3.48. The van der Waals surface area contributed by atoms with Crippen molar-refractivity contribution in [3.63, 3.8) is 0 Å². The maximum atomic E-state index is 13.3. The van der Waals surface area contributed by atoms with Crippen LogP contribution >= 0.6 is 0 Å². The molecule has 1 aromatic heterocycles. The van der Waals surface area contributed by atoms with Gasteiger partial charge in [-0.25, -0.2) is 4.39 Å². The third kappa shape index (κ3) is 2.91. The van der Waals surface area contributed by atoms with Crippen molar-refractivity contribution in [3.05, 3.63) is 77.2 Å². The number of hydrazone groups is 1. The van der Waals surface area contributed by atoms with E-state index in [2.05, 4.69) is 5.10 Å². The van der Waals surface area contributed by atoms with E-state index >= 15 is 0 Å². The molecule has 0 radical (unpaired) electrons. The number of benzene rings is 2. The Bertz CT molecular complexity index is 1110. The molecule has 6 heteroatoms. The minimum absolute atomic E-state index is 0.245. The molecular weight excluding hydrogens is 357 g/mol. The van der Waals surface area contributed by atoms with E-state index in [1.807, 2.05) is 30.3 Å². The van der Waals surface area contributed by atoms with Gasteiger partial charge in [0, 0.05) is 35.0 Å². The average molecular weight is 375 g/mol. The van der Waals surface area contributed by atoms with E-state index in [-0.39, 0.29) is 11.7 Å². The zero-order valence-electron chi connectivity index (χ0n) is 15.3. The van der Waals surface area contributed by atoms with Crippen LogP contribution in [0.3, 0.4) is 0 Å². The summed E-state index contributed by atoms with van der Waals surface area (Å²) in [5, 5.41) is 6.69. The number of amides is 1. The molecule has 1 aliphatic heterocycles. The number of fused-ring (bicyclic) bond motifs is 1. The first-order chi connectivity index (χ1) is 13.6. The molecule has 5 rings (SSSR count). The molecule has 2 heterocycles. The Morgan fingerprint density at radius 1 is 1.14 bits per heavy atom. The van der Waals surface area contributed by atoms with E-state index in [1.54, 1.807) is 12.1 Å². The van der Waals surface area contributed by atoms with Gasteiger partial charge < -0.3 is 4.74 Å². The van der Waals surface area contributed by atoms with E-state index in [1.165, 1.54) is 24.1 Å². The molecular formula is C22H18FN3O2. The van der Waals surface area contributed by atoms with E-state index < -0.39 is 6.23 Å². The van der Waals surface area contributed by atoms with Crippen LogP contribution in [0.5, 0.6) is 0 Å². The molecule has 2 aromatic carbocycles. The Morgan fingerprint density at radius 2 is 1.89 bits per heavy atom. The molecule has 1 amide bonds. The fraction of sp³-hybridized carbons (Fsp3) is 0.227. The summed E-state index contributed by atoms with van der Waals surface area (Å²) in [6.07, 6.45) is 1.55. The molecule has 0 unspecified atom stereocenters. The molecule has 28 heavy (non-hydrogen) atoms. The fourth-order valence-corrected chi connectivity index (χ4v) is 3.48. The molecule has 0 saturated heterocycles. The Hall–Kier alpha value is -3.28. The molecule has 2 aliphatic rings. The van der Waals surface area contributed by atoms with Gasteiger partial charge in [-0.3, -0.25) is 9.78 Å². The minimum atomic E-state index is -0.718. The standard InChI is InChI=1S/C22H18FN3O2/c1-13(27)26-22(15-8-10-16(23)11-9-15)28-21(25-26)18-12-20(14-6-7-14)24-19-5-3-2-4-17(18)19/h2-5,8-12,14,22H,6-7H2,1H3/t22-/m1/s1. The van der Waals surface area contributed by atoms with E-state index in [9.17, 15) is 9.18 Å². The number of carbonyl (C=O) groups is 1. The summed E-state index contributed by atoms with van der Waals surface area (Å²) >= 11 is 0. The molecule has 5 nitrogen and oxygen atoms in total. The van der Waals surface area contributed by atoms with Gasteiger partial charge in [-0.05, 0) is 37.1 Å². The summed E-state index contributed by atoms with van der Waals surface area (Å²) in [5.74, 6) is 0.267. The van der Waals surface area contributed by atoms with Crippen molar-refractivity contribution >= 4 is 22.7 Å². The number of aromatic nitrogens is 1. The van der Waals surface area contributed by atoms with Gasteiger partial charge in [0.05, 0.1) is 5.52 Å². The van der Waals surface area contributed by atoms with Crippen molar-refractivity contribution in [1.29, 1.82) is 0 Å². The number of hydrogen-bond acceptors (Lipinski definition) is 4. The zero-order chi connectivity index (χ0) is 19.3. The molecule has 0 N–H and O–H groups in total.